The molecule has 218 valence electrons. The molecule has 11 heteroatoms. The molecule has 2 fully saturated rings. The largest absolute Gasteiger partial charge is 0.437 e. The Hall–Kier alpha value is -3.83. The van der Waals surface area contributed by atoms with Crippen LogP contribution in [0.15, 0.2) is 65.7 Å². The first-order valence-corrected chi connectivity index (χ1v) is 13.7. The van der Waals surface area contributed by atoms with Gasteiger partial charge < -0.3 is 25.6 Å². The average molecular weight is 569 g/mol. The van der Waals surface area contributed by atoms with E-state index in [-0.39, 0.29) is 75.8 Å². The highest BCUT2D eigenvalue weighted by molar-refractivity contribution is 5.80. The molecular formula is C30H34F2N4O5. The van der Waals surface area contributed by atoms with Crippen LogP contribution in [-0.4, -0.2) is 55.2 Å². The lowest BCUT2D eigenvalue weighted by atomic mass is 9.73. The van der Waals surface area contributed by atoms with Crippen LogP contribution in [0.3, 0.4) is 0 Å². The highest BCUT2D eigenvalue weighted by atomic mass is 19.3. The summed E-state index contributed by atoms with van der Waals surface area (Å²) in [5.74, 6) is -3.79. The van der Waals surface area contributed by atoms with Crippen LogP contribution in [0, 0.1) is 5.92 Å². The summed E-state index contributed by atoms with van der Waals surface area (Å²) in [4.78, 5) is 32.3. The maximum absolute atomic E-state index is 14.3. The van der Waals surface area contributed by atoms with Crippen molar-refractivity contribution in [3.63, 3.8) is 0 Å². The number of likely N-dealkylation sites (tertiary alicyclic amines) is 1. The minimum absolute atomic E-state index is 0.0681. The second-order valence-corrected chi connectivity index (χ2v) is 11.1. The van der Waals surface area contributed by atoms with Gasteiger partial charge in [-0.05, 0) is 42.5 Å². The Labute approximate surface area is 236 Å². The van der Waals surface area contributed by atoms with Crippen molar-refractivity contribution in [2.75, 3.05) is 18.8 Å². The smallest absolute Gasteiger partial charge is 0.280 e. The van der Waals surface area contributed by atoms with Crippen LogP contribution in [0.4, 0.5) is 14.5 Å². The molecule has 3 aromatic rings. The van der Waals surface area contributed by atoms with Crippen LogP contribution in [-0.2, 0) is 17.9 Å². The minimum Gasteiger partial charge on any atom is -0.437 e. The van der Waals surface area contributed by atoms with Crippen LogP contribution >= 0.6 is 0 Å². The summed E-state index contributed by atoms with van der Waals surface area (Å²) in [6.07, 6.45) is 1.09. The van der Waals surface area contributed by atoms with Gasteiger partial charge in [0.15, 0.2) is 5.69 Å². The van der Waals surface area contributed by atoms with Crippen molar-refractivity contribution in [3.05, 3.63) is 82.4 Å². The maximum atomic E-state index is 14.3. The number of nitrogens with zero attached hydrogens (tertiary/aromatic N) is 3. The van der Waals surface area contributed by atoms with Crippen LogP contribution < -0.4 is 16.0 Å². The second kappa shape index (κ2) is 11.6. The monoisotopic (exact) mass is 568 g/mol. The van der Waals surface area contributed by atoms with E-state index in [4.69, 9.17) is 10.5 Å². The third-order valence-electron chi connectivity index (χ3n) is 8.20. The molecule has 0 bridgehead atoms. The van der Waals surface area contributed by atoms with Gasteiger partial charge in [-0.1, -0.05) is 42.5 Å². The molecule has 0 spiro atoms. The number of halogens is 2. The SMILES string of the molecule is Nc1c(Oc2ccc(CO)cc2)ncn(CC2(O)CCN(C(=O)[C@@H]3CCC(F)(F)C[C@H]3c3ccccc3)CC2)c1=O. The molecule has 0 radical (unpaired) electrons. The summed E-state index contributed by atoms with van der Waals surface area (Å²) >= 11 is 0. The first-order valence-electron chi connectivity index (χ1n) is 13.7. The first kappa shape index (κ1) is 28.7. The average Bonchev–Trinajstić information content (AvgIpc) is 2.97. The summed E-state index contributed by atoms with van der Waals surface area (Å²) in [7, 11) is 0. The van der Waals surface area contributed by atoms with Gasteiger partial charge in [-0.15, -0.1) is 0 Å². The Kier molecular flexibility index (Phi) is 8.10. The van der Waals surface area contributed by atoms with Crippen molar-refractivity contribution in [2.45, 2.75) is 62.7 Å². The third kappa shape index (κ3) is 6.41. The number of aliphatic hydroxyl groups excluding tert-OH is 1. The van der Waals surface area contributed by atoms with Crippen molar-refractivity contribution in [3.8, 4) is 11.6 Å². The highest BCUT2D eigenvalue weighted by Gasteiger charge is 2.46. The zero-order chi connectivity index (χ0) is 29.2. The molecule has 1 saturated carbocycles. The number of ether oxygens (including phenoxy) is 1. The standard InChI is InChI=1S/C30H34F2N4O5/c31-30(32)11-10-23(24(16-30)21-4-2-1-3-5-21)27(38)35-14-12-29(40,13-15-35)18-36-19-34-26(25(33)28(36)39)41-22-8-6-20(17-37)7-9-22/h1-9,19,23-24,37,40H,10-18,33H2/t23-,24+/m1/s1. The zero-order valence-corrected chi connectivity index (χ0v) is 22.6. The Morgan fingerprint density at radius 3 is 2.41 bits per heavy atom. The van der Waals surface area contributed by atoms with Crippen LogP contribution in [0.5, 0.6) is 11.6 Å². The number of alkyl halides is 2. The van der Waals surface area contributed by atoms with E-state index in [1.165, 1.54) is 10.9 Å². The van der Waals surface area contributed by atoms with Gasteiger partial charge in [0, 0.05) is 37.8 Å². The van der Waals surface area contributed by atoms with Gasteiger partial charge in [-0.2, -0.15) is 0 Å². The molecule has 1 aliphatic carbocycles. The Morgan fingerprint density at radius 1 is 1.07 bits per heavy atom. The summed E-state index contributed by atoms with van der Waals surface area (Å²) in [6.45, 7) is 0.303. The first-order chi connectivity index (χ1) is 19.6. The number of anilines is 1. The molecule has 1 saturated heterocycles. The van der Waals surface area contributed by atoms with Gasteiger partial charge in [-0.3, -0.25) is 14.2 Å². The van der Waals surface area contributed by atoms with E-state index in [0.29, 0.717) is 11.3 Å². The molecule has 2 aromatic carbocycles. The van der Waals surface area contributed by atoms with Crippen molar-refractivity contribution < 1.29 is 28.5 Å². The van der Waals surface area contributed by atoms with Gasteiger partial charge in [0.1, 0.15) is 12.1 Å². The van der Waals surface area contributed by atoms with Crippen molar-refractivity contribution in [1.82, 2.24) is 14.5 Å². The van der Waals surface area contributed by atoms with Gasteiger partial charge in [0.05, 0.1) is 18.8 Å². The molecule has 2 heterocycles. The number of nitrogen functional groups attached to an aromatic ring is 1. The lowest BCUT2D eigenvalue weighted by molar-refractivity contribution is -0.145. The van der Waals surface area contributed by atoms with E-state index < -0.39 is 28.9 Å². The molecule has 0 unspecified atom stereocenters. The quantitative estimate of drug-likeness (QED) is 0.396. The highest BCUT2D eigenvalue weighted by Crippen LogP contribution is 2.46. The molecule has 1 aliphatic heterocycles. The number of hydrogen-bond donors (Lipinski definition) is 3. The Morgan fingerprint density at radius 2 is 1.76 bits per heavy atom. The molecule has 2 atom stereocenters. The fourth-order valence-corrected chi connectivity index (χ4v) is 5.79. The molecule has 5 rings (SSSR count). The van der Waals surface area contributed by atoms with E-state index in [2.05, 4.69) is 4.98 Å². The van der Waals surface area contributed by atoms with Gasteiger partial charge >= 0.3 is 0 Å². The van der Waals surface area contributed by atoms with E-state index in [9.17, 15) is 28.6 Å². The molecule has 9 nitrogen and oxygen atoms in total. The topological polar surface area (TPSA) is 131 Å². The number of nitrogens with two attached hydrogens (primary N) is 1. The van der Waals surface area contributed by atoms with Crippen molar-refractivity contribution in [1.29, 1.82) is 0 Å². The third-order valence-corrected chi connectivity index (χ3v) is 8.20. The van der Waals surface area contributed by atoms with Crippen molar-refractivity contribution >= 4 is 11.6 Å². The number of aliphatic hydroxyl groups is 2. The number of benzene rings is 2. The summed E-state index contributed by atoms with van der Waals surface area (Å²) < 4.78 is 35.5. The van der Waals surface area contributed by atoms with Crippen LogP contribution in [0.25, 0.3) is 0 Å². The fourth-order valence-electron chi connectivity index (χ4n) is 5.79. The molecular weight excluding hydrogens is 534 g/mol. The van der Waals surface area contributed by atoms with Gasteiger partial charge in [-0.25, -0.2) is 13.8 Å². The lowest BCUT2D eigenvalue weighted by Crippen LogP contribution is -2.52. The number of carbonyl (C=O) groups excluding carboxylic acids is 1. The normalized spacial score (nSPS) is 21.8. The van der Waals surface area contributed by atoms with Gasteiger partial charge in [0.2, 0.25) is 17.7 Å². The molecule has 41 heavy (non-hydrogen) atoms. The molecule has 1 amide bonds. The number of amides is 1. The summed E-state index contributed by atoms with van der Waals surface area (Å²) in [6, 6.07) is 15.6. The number of aromatic nitrogens is 2. The number of rotatable bonds is 7. The van der Waals surface area contributed by atoms with Gasteiger partial charge in [0.25, 0.3) is 5.56 Å². The van der Waals surface area contributed by atoms with E-state index in [0.717, 1.165) is 5.56 Å². The fraction of sp³-hybridized carbons (Fsp3) is 0.433. The van der Waals surface area contributed by atoms with Crippen molar-refractivity contribution in [2.24, 2.45) is 5.92 Å². The summed E-state index contributed by atoms with van der Waals surface area (Å²) in [5.41, 5.74) is 5.38. The Balaban J connectivity index is 1.23. The van der Waals surface area contributed by atoms with E-state index in [1.54, 1.807) is 53.4 Å². The van der Waals surface area contributed by atoms with Crippen LogP contribution in [0.1, 0.15) is 49.1 Å². The second-order valence-electron chi connectivity index (χ2n) is 11.1. The maximum Gasteiger partial charge on any atom is 0.280 e. The zero-order valence-electron chi connectivity index (χ0n) is 22.6. The Bertz CT molecular complexity index is 1420. The number of piperidine rings is 1. The minimum atomic E-state index is -2.81. The predicted octanol–water partition coefficient (Wildman–Crippen LogP) is 3.68. The predicted molar refractivity (Wildman–Crippen MR) is 148 cm³/mol. The summed E-state index contributed by atoms with van der Waals surface area (Å²) in [5, 5.41) is 20.5. The van der Waals surface area contributed by atoms with E-state index >= 15 is 0 Å². The van der Waals surface area contributed by atoms with E-state index in [1.807, 2.05) is 6.07 Å². The molecule has 2 aliphatic rings. The molecule has 4 N–H and O–H groups in total. The molecule has 1 aromatic heterocycles. The number of hydrogen-bond acceptors (Lipinski definition) is 7. The lowest BCUT2D eigenvalue weighted by Gasteiger charge is -2.42. The number of carbonyl (C=O) groups is 1. The van der Waals surface area contributed by atoms with Crippen LogP contribution in [0.2, 0.25) is 0 Å².